The molecule has 2 aromatic rings. The van der Waals surface area contributed by atoms with Crippen LogP contribution in [0.3, 0.4) is 0 Å². The van der Waals surface area contributed by atoms with E-state index in [9.17, 15) is 9.59 Å². The first-order valence-electron chi connectivity index (χ1n) is 12.0. The number of amides is 2. The second-order valence-electron chi connectivity index (χ2n) is 9.46. The summed E-state index contributed by atoms with van der Waals surface area (Å²) in [6.07, 6.45) is 7.17. The molecule has 1 saturated carbocycles. The van der Waals surface area contributed by atoms with Crippen molar-refractivity contribution < 1.29 is 14.3 Å². The summed E-state index contributed by atoms with van der Waals surface area (Å²) in [6, 6.07) is 16.1. The number of aryl methyl sites for hydroxylation is 1. The second-order valence-corrected chi connectivity index (χ2v) is 9.46. The Hall–Kier alpha value is -2.82. The second kappa shape index (κ2) is 8.97. The SMILES string of the molecule is CN(C(=O)c1ccc(OC2CCN(C(=O)C3CC3)CC2)cc1)[C@H]1CCCc2ccccc21. The number of benzene rings is 2. The van der Waals surface area contributed by atoms with Crippen molar-refractivity contribution in [2.24, 2.45) is 5.92 Å². The highest BCUT2D eigenvalue weighted by Gasteiger charge is 2.35. The molecular formula is C27H32N2O3. The van der Waals surface area contributed by atoms with Crippen LogP contribution in [0, 0.1) is 5.92 Å². The van der Waals surface area contributed by atoms with Crippen LogP contribution in [0.15, 0.2) is 48.5 Å². The molecule has 0 bridgehead atoms. The van der Waals surface area contributed by atoms with Crippen molar-refractivity contribution in [1.29, 1.82) is 0 Å². The van der Waals surface area contributed by atoms with Gasteiger partial charge in [-0.05, 0) is 67.5 Å². The van der Waals surface area contributed by atoms with Crippen molar-refractivity contribution >= 4 is 11.8 Å². The number of hydrogen-bond acceptors (Lipinski definition) is 3. The Bertz CT molecular complexity index is 975. The zero-order chi connectivity index (χ0) is 22.1. The molecule has 2 aliphatic carbocycles. The fraction of sp³-hybridized carbons (Fsp3) is 0.481. The number of rotatable bonds is 5. The molecule has 5 rings (SSSR count). The summed E-state index contributed by atoms with van der Waals surface area (Å²) < 4.78 is 6.15. The van der Waals surface area contributed by atoms with Gasteiger partial charge in [0.2, 0.25) is 5.91 Å². The van der Waals surface area contributed by atoms with E-state index in [1.165, 1.54) is 11.1 Å². The summed E-state index contributed by atoms with van der Waals surface area (Å²) in [5, 5.41) is 0. The van der Waals surface area contributed by atoms with E-state index in [0.29, 0.717) is 11.5 Å². The molecule has 32 heavy (non-hydrogen) atoms. The van der Waals surface area contributed by atoms with Gasteiger partial charge in [0, 0.05) is 44.5 Å². The van der Waals surface area contributed by atoms with Gasteiger partial charge in [-0.1, -0.05) is 24.3 Å². The molecule has 168 valence electrons. The Morgan fingerprint density at radius 3 is 2.38 bits per heavy atom. The number of carbonyl (C=O) groups is 2. The van der Waals surface area contributed by atoms with E-state index >= 15 is 0 Å². The minimum atomic E-state index is 0.0464. The Kier molecular flexibility index (Phi) is 5.90. The van der Waals surface area contributed by atoms with Crippen LogP contribution in [0.4, 0.5) is 0 Å². The predicted octanol–water partition coefficient (Wildman–Crippen LogP) is 4.62. The number of hydrogen-bond donors (Lipinski definition) is 0. The van der Waals surface area contributed by atoms with E-state index in [-0.39, 0.29) is 24.0 Å². The number of carbonyl (C=O) groups excluding carboxylic acids is 2. The van der Waals surface area contributed by atoms with Crippen LogP contribution >= 0.6 is 0 Å². The van der Waals surface area contributed by atoms with Gasteiger partial charge >= 0.3 is 0 Å². The first-order chi connectivity index (χ1) is 15.6. The fourth-order valence-corrected chi connectivity index (χ4v) is 5.13. The third-order valence-corrected chi connectivity index (χ3v) is 7.21. The minimum absolute atomic E-state index is 0.0464. The molecule has 2 aromatic carbocycles. The highest BCUT2D eigenvalue weighted by Crippen LogP contribution is 2.34. The van der Waals surface area contributed by atoms with Gasteiger partial charge in [0.1, 0.15) is 11.9 Å². The molecule has 0 aromatic heterocycles. The number of fused-ring (bicyclic) bond motifs is 1. The number of ether oxygens (including phenoxy) is 1. The Labute approximate surface area is 190 Å². The molecular weight excluding hydrogens is 400 g/mol. The summed E-state index contributed by atoms with van der Waals surface area (Å²) in [5.74, 6) is 1.46. The van der Waals surface area contributed by atoms with E-state index in [4.69, 9.17) is 4.74 Å². The maximum atomic E-state index is 13.2. The lowest BCUT2D eigenvalue weighted by atomic mass is 9.87. The summed E-state index contributed by atoms with van der Waals surface area (Å²) in [7, 11) is 1.91. The van der Waals surface area contributed by atoms with Crippen molar-refractivity contribution in [3.63, 3.8) is 0 Å². The van der Waals surface area contributed by atoms with Crippen molar-refractivity contribution in [3.05, 3.63) is 65.2 Å². The van der Waals surface area contributed by atoms with E-state index in [0.717, 1.165) is 63.8 Å². The molecule has 0 spiro atoms. The standard InChI is InChI=1S/C27H32N2O3/c1-28(25-8-4-6-19-5-2-3-7-24(19)25)26(30)20-11-13-22(14-12-20)32-23-15-17-29(18-16-23)27(31)21-9-10-21/h2-3,5,7,11-14,21,23,25H,4,6,8-10,15-18H2,1H3/t25-/m0/s1. The molecule has 2 amide bonds. The zero-order valence-electron chi connectivity index (χ0n) is 18.8. The first-order valence-corrected chi connectivity index (χ1v) is 12.0. The lowest BCUT2D eigenvalue weighted by Crippen LogP contribution is -2.42. The van der Waals surface area contributed by atoms with Crippen LogP contribution in [0.1, 0.15) is 66.1 Å². The molecule has 2 fully saturated rings. The van der Waals surface area contributed by atoms with Gasteiger partial charge in [0.05, 0.1) is 6.04 Å². The third-order valence-electron chi connectivity index (χ3n) is 7.21. The molecule has 3 aliphatic rings. The monoisotopic (exact) mass is 432 g/mol. The van der Waals surface area contributed by atoms with Crippen LogP contribution in [0.25, 0.3) is 0 Å². The lowest BCUT2D eigenvalue weighted by Gasteiger charge is -2.33. The van der Waals surface area contributed by atoms with Crippen molar-refractivity contribution in [3.8, 4) is 5.75 Å². The van der Waals surface area contributed by atoms with Gasteiger partial charge < -0.3 is 14.5 Å². The summed E-state index contributed by atoms with van der Waals surface area (Å²) in [6.45, 7) is 1.56. The molecule has 1 saturated heterocycles. The van der Waals surface area contributed by atoms with E-state index in [1.807, 2.05) is 41.1 Å². The van der Waals surface area contributed by atoms with Crippen LogP contribution in [-0.4, -0.2) is 47.9 Å². The van der Waals surface area contributed by atoms with Gasteiger partial charge in [0.15, 0.2) is 0 Å². The van der Waals surface area contributed by atoms with Gasteiger partial charge in [-0.25, -0.2) is 0 Å². The number of nitrogens with zero attached hydrogens (tertiary/aromatic N) is 2. The third kappa shape index (κ3) is 4.38. The lowest BCUT2D eigenvalue weighted by molar-refractivity contribution is -0.134. The van der Waals surface area contributed by atoms with E-state index in [2.05, 4.69) is 24.3 Å². The van der Waals surface area contributed by atoms with Crippen LogP contribution in [-0.2, 0) is 11.2 Å². The summed E-state index contributed by atoms with van der Waals surface area (Å²) in [4.78, 5) is 29.3. The Morgan fingerprint density at radius 1 is 0.938 bits per heavy atom. The molecule has 1 aliphatic heterocycles. The maximum Gasteiger partial charge on any atom is 0.254 e. The van der Waals surface area contributed by atoms with Crippen molar-refractivity contribution in [2.45, 2.75) is 57.1 Å². The largest absolute Gasteiger partial charge is 0.490 e. The van der Waals surface area contributed by atoms with Gasteiger partial charge in [-0.3, -0.25) is 9.59 Å². The molecule has 0 N–H and O–H groups in total. The molecule has 5 heteroatoms. The molecule has 0 unspecified atom stereocenters. The van der Waals surface area contributed by atoms with Crippen molar-refractivity contribution in [1.82, 2.24) is 9.80 Å². The minimum Gasteiger partial charge on any atom is -0.490 e. The quantitative estimate of drug-likeness (QED) is 0.693. The molecule has 0 radical (unpaired) electrons. The average Bonchev–Trinajstić information content (AvgIpc) is 3.69. The Morgan fingerprint density at radius 2 is 1.66 bits per heavy atom. The summed E-state index contributed by atoms with van der Waals surface area (Å²) in [5.41, 5.74) is 3.32. The van der Waals surface area contributed by atoms with E-state index in [1.54, 1.807) is 0 Å². The number of likely N-dealkylation sites (tertiary alicyclic amines) is 1. The fourth-order valence-electron chi connectivity index (χ4n) is 5.13. The topological polar surface area (TPSA) is 49.9 Å². The van der Waals surface area contributed by atoms with Crippen LogP contribution < -0.4 is 4.74 Å². The van der Waals surface area contributed by atoms with Gasteiger partial charge in [-0.15, -0.1) is 0 Å². The predicted molar refractivity (Wildman–Crippen MR) is 124 cm³/mol. The van der Waals surface area contributed by atoms with Gasteiger partial charge in [0.25, 0.3) is 5.91 Å². The molecule has 1 atom stereocenters. The normalized spacial score (nSPS) is 21.0. The first kappa shape index (κ1) is 21.0. The molecule has 5 nitrogen and oxygen atoms in total. The Balaban J connectivity index is 1.18. The highest BCUT2D eigenvalue weighted by atomic mass is 16.5. The maximum absolute atomic E-state index is 13.2. The number of piperidine rings is 1. The smallest absolute Gasteiger partial charge is 0.254 e. The average molecular weight is 433 g/mol. The van der Waals surface area contributed by atoms with Crippen LogP contribution in [0.5, 0.6) is 5.75 Å². The van der Waals surface area contributed by atoms with Crippen LogP contribution in [0.2, 0.25) is 0 Å². The zero-order valence-corrected chi connectivity index (χ0v) is 18.8. The molecule has 1 heterocycles. The van der Waals surface area contributed by atoms with E-state index < -0.39 is 0 Å². The van der Waals surface area contributed by atoms with Crippen molar-refractivity contribution in [2.75, 3.05) is 20.1 Å². The summed E-state index contributed by atoms with van der Waals surface area (Å²) >= 11 is 0. The van der Waals surface area contributed by atoms with Gasteiger partial charge in [-0.2, -0.15) is 0 Å². The highest BCUT2D eigenvalue weighted by molar-refractivity contribution is 5.94.